The number of ether oxygens (including phenoxy) is 2. The van der Waals surface area contributed by atoms with Crippen LogP contribution in [0.2, 0.25) is 18.1 Å². The quantitative estimate of drug-likeness (QED) is 0.225. The Morgan fingerprint density at radius 3 is 2.50 bits per heavy atom. The minimum atomic E-state index is -2.16. The van der Waals surface area contributed by atoms with Crippen molar-refractivity contribution in [2.45, 2.75) is 96.7 Å². The van der Waals surface area contributed by atoms with Crippen molar-refractivity contribution < 1.29 is 22.9 Å². The van der Waals surface area contributed by atoms with Crippen LogP contribution >= 0.6 is 32.4 Å². The monoisotopic (exact) mass is 791 g/mol. The minimum absolute atomic E-state index is 0.00595. The molecule has 1 aromatic carbocycles. The third-order valence-corrected chi connectivity index (χ3v) is 14.3. The molecule has 2 aromatic heterocycles. The molecule has 1 saturated heterocycles. The number of halogens is 1. The van der Waals surface area contributed by atoms with E-state index in [0.717, 1.165) is 9.13 Å². The number of benzene rings is 1. The van der Waals surface area contributed by atoms with E-state index in [1.807, 2.05) is 90.2 Å². The van der Waals surface area contributed by atoms with Crippen LogP contribution in [0.1, 0.15) is 59.8 Å². The normalized spacial score (nSPS) is 18.7. The van der Waals surface area contributed by atoms with Crippen molar-refractivity contribution in [3.05, 3.63) is 46.1 Å². The molecule has 0 unspecified atom stereocenters. The topological polar surface area (TPSA) is 101 Å². The molecule has 0 spiro atoms. The molecule has 10 nitrogen and oxygen atoms in total. The molecule has 0 aliphatic carbocycles. The number of anilines is 1. The van der Waals surface area contributed by atoms with Crippen LogP contribution in [-0.4, -0.2) is 105 Å². The molecule has 1 fully saturated rings. The van der Waals surface area contributed by atoms with E-state index in [2.05, 4.69) is 66.4 Å². The maximum absolute atomic E-state index is 13.6. The van der Waals surface area contributed by atoms with E-state index in [1.165, 1.54) is 11.2 Å². The second-order valence-corrected chi connectivity index (χ2v) is 21.3. The van der Waals surface area contributed by atoms with Crippen LogP contribution in [0.5, 0.6) is 0 Å². The number of rotatable bonds is 10. The second-order valence-electron chi connectivity index (χ2n) is 14.2. The van der Waals surface area contributed by atoms with Crippen molar-refractivity contribution in [2.24, 2.45) is 0 Å². The SMILES string of the molecule is B#S(=BB=BB=BB)OC[C@H]1O[C@@H](n2cnc3c(N(Cc4ccc(I)cc4)C(=O)OC(C)(C)C)ncnc32)C[C@H]1O[Si](C)(C)C(C)(C)C. The van der Waals surface area contributed by atoms with E-state index in [0.29, 0.717) is 23.4 Å². The average molecular weight is 790 g/mol. The van der Waals surface area contributed by atoms with Gasteiger partial charge >= 0.3 is 216 Å². The van der Waals surface area contributed by atoms with Gasteiger partial charge in [-0.1, -0.05) is 12.1 Å². The Hall–Kier alpha value is -1.46. The average Bonchev–Trinajstić information content (AvgIpc) is 3.60. The number of nitrogens with zero attached hydrogens (tertiary/aromatic N) is 5. The fourth-order valence-corrected chi connectivity index (χ4v) is 7.08. The first-order valence-corrected chi connectivity index (χ1v) is 21.2. The molecule has 48 heavy (non-hydrogen) atoms. The van der Waals surface area contributed by atoms with Crippen LogP contribution < -0.4 is 4.90 Å². The molecule has 3 atom stereocenters. The predicted molar refractivity (Wildman–Crippen MR) is 214 cm³/mol. The number of carbonyl (C=O) groups excluding carboxylic acids is 1. The summed E-state index contributed by atoms with van der Waals surface area (Å²) < 4.78 is 28.4. The van der Waals surface area contributed by atoms with Gasteiger partial charge in [0.15, 0.2) is 0 Å². The third kappa shape index (κ3) is 10.5. The van der Waals surface area contributed by atoms with Crippen molar-refractivity contribution in [1.29, 1.82) is 0 Å². The van der Waals surface area contributed by atoms with Gasteiger partial charge in [0.2, 0.25) is 0 Å². The number of carbonyl (C=O) groups is 1. The van der Waals surface area contributed by atoms with E-state index in [-0.39, 0.29) is 30.4 Å². The van der Waals surface area contributed by atoms with Crippen LogP contribution in [0.3, 0.4) is 0 Å². The Morgan fingerprint density at radius 2 is 1.85 bits per heavy atom. The fraction of sp³-hybridized carbons (Fsp3) is 0.571. The Labute approximate surface area is 305 Å². The number of fused-ring (bicyclic) bond motifs is 1. The van der Waals surface area contributed by atoms with E-state index < -0.39 is 36.1 Å². The molecule has 4 rings (SSSR count). The first-order valence-electron chi connectivity index (χ1n) is 16.0. The summed E-state index contributed by atoms with van der Waals surface area (Å²) in [5.41, 5.74) is 1.22. The van der Waals surface area contributed by atoms with Crippen LogP contribution in [0.4, 0.5) is 10.6 Å². The molecule has 1 aliphatic heterocycles. The summed E-state index contributed by atoms with van der Waals surface area (Å²) in [6.07, 6.45) is 2.13. The van der Waals surface area contributed by atoms with Gasteiger partial charge in [-0.25, -0.2) is 4.79 Å². The van der Waals surface area contributed by atoms with Gasteiger partial charge in [0.1, 0.15) is 5.60 Å². The zero-order valence-corrected chi connectivity index (χ0v) is 33.3. The zero-order valence-electron chi connectivity index (χ0n) is 29.3. The molecule has 0 bridgehead atoms. The number of aromatic nitrogens is 4. The molecular formula is C28H41B7IN5O5SSi. The van der Waals surface area contributed by atoms with Gasteiger partial charge in [-0.3, -0.25) is 0 Å². The summed E-state index contributed by atoms with van der Waals surface area (Å²) in [4.78, 5) is 28.9. The van der Waals surface area contributed by atoms with E-state index in [9.17, 15) is 4.79 Å². The summed E-state index contributed by atoms with van der Waals surface area (Å²) >= 11 is 2.26. The molecule has 20 heteroatoms. The second kappa shape index (κ2) is 16.7. The summed E-state index contributed by atoms with van der Waals surface area (Å²) in [6, 6.07) is 9.79. The van der Waals surface area contributed by atoms with Crippen molar-refractivity contribution in [3.63, 3.8) is 0 Å². The molecule has 0 radical (unpaired) electrons. The summed E-state index contributed by atoms with van der Waals surface area (Å²) in [5, 5.41) is 0.00595. The summed E-state index contributed by atoms with van der Waals surface area (Å²) in [5.74, 6) is 0.354. The van der Waals surface area contributed by atoms with Gasteiger partial charge in [-0.15, -0.1) is 0 Å². The number of hydrogen-bond donors (Lipinski definition) is 0. The Kier molecular flexibility index (Phi) is 13.7. The molecule has 1 amide bonds. The number of amides is 1. The molecule has 3 aromatic rings. The standard InChI is InChI=1S/C28H41B7IN5O5SSi/c1-27(2,3)45-26(42)40(14-18-9-11-19(36)12-10-18)24-23-25(38-16-37-24)41(17-39-23)22-13-20(46-48(7,8)28(4,5)6)21(44-22)15-43-47(30)35-34-33-32-31-29/h9-12,16-17,20-22H,13-15,29H2,1-8H3/t20-,21-,22-/m1/s1. The summed E-state index contributed by atoms with van der Waals surface area (Å²) in [7, 11) is -1.10. The van der Waals surface area contributed by atoms with Crippen LogP contribution in [0.15, 0.2) is 36.9 Å². The van der Waals surface area contributed by atoms with Crippen molar-refractivity contribution in [2.75, 3.05) is 11.5 Å². The van der Waals surface area contributed by atoms with Gasteiger partial charge < -0.3 is 4.74 Å². The van der Waals surface area contributed by atoms with Crippen LogP contribution in [-0.2, 0) is 24.6 Å². The first kappa shape index (κ1) is 39.3. The number of imidazole rings is 1. The molecule has 1 aliphatic rings. The van der Waals surface area contributed by atoms with Crippen LogP contribution in [0.25, 0.3) is 11.2 Å². The Bertz CT molecular complexity index is 1800. The molecule has 0 N–H and O–H groups in total. The zero-order chi connectivity index (χ0) is 35.3. The van der Waals surface area contributed by atoms with Gasteiger partial charge in [-0.05, 0) is 61.1 Å². The van der Waals surface area contributed by atoms with E-state index >= 15 is 0 Å². The summed E-state index contributed by atoms with van der Waals surface area (Å²) in [6.45, 7) is 31.1. The fourth-order valence-electron chi connectivity index (χ4n) is 4.75. The molecular weight excluding hydrogens is 749 g/mol. The van der Waals surface area contributed by atoms with E-state index in [4.69, 9.17) is 29.6 Å². The Morgan fingerprint density at radius 1 is 1.15 bits per heavy atom. The van der Waals surface area contributed by atoms with Gasteiger partial charge in [0.25, 0.3) is 0 Å². The molecule has 3 heterocycles. The van der Waals surface area contributed by atoms with Gasteiger partial charge in [0, 0.05) is 3.57 Å². The van der Waals surface area contributed by atoms with Crippen LogP contribution in [0, 0.1) is 3.57 Å². The first-order chi connectivity index (χ1) is 22.5. The molecule has 246 valence electrons. The van der Waals surface area contributed by atoms with E-state index in [1.54, 1.807) is 6.33 Å². The van der Waals surface area contributed by atoms with Crippen molar-refractivity contribution in [1.82, 2.24) is 19.5 Å². The third-order valence-electron chi connectivity index (χ3n) is 8.20. The maximum atomic E-state index is 13.6. The molecule has 0 saturated carbocycles. The van der Waals surface area contributed by atoms with Crippen molar-refractivity contribution >= 4 is 111 Å². The Balaban J connectivity index is 1.67. The number of hydrogen-bond acceptors (Lipinski definition) is 8. The van der Waals surface area contributed by atoms with Gasteiger partial charge in [-0.2, -0.15) is 0 Å². The predicted octanol–water partition coefficient (Wildman–Crippen LogP) is 3.98. The van der Waals surface area contributed by atoms with Crippen molar-refractivity contribution in [3.8, 4) is 0 Å². The van der Waals surface area contributed by atoms with Gasteiger partial charge in [0.05, 0.1) is 0 Å².